The lowest BCUT2D eigenvalue weighted by Gasteiger charge is -2.12. The van der Waals surface area contributed by atoms with Gasteiger partial charge in [0, 0.05) is 20.3 Å². The second-order valence-corrected chi connectivity index (χ2v) is 5.69. The molecule has 0 aliphatic rings. The van der Waals surface area contributed by atoms with Crippen LogP contribution in [0.3, 0.4) is 0 Å². The molecule has 0 amide bonds. The van der Waals surface area contributed by atoms with E-state index in [4.69, 9.17) is 4.74 Å². The summed E-state index contributed by atoms with van der Waals surface area (Å²) in [7, 11) is -0.973. The first kappa shape index (κ1) is 14.8. The van der Waals surface area contributed by atoms with Crippen molar-refractivity contribution in [2.24, 2.45) is 0 Å². The maximum Gasteiger partial charge on any atom is 0.337 e. The number of carbonyl (C=O) groups is 1. The summed E-state index contributed by atoms with van der Waals surface area (Å²) in [5.41, 5.74) is 0. The Kier molecular flexibility index (Phi) is 5.47. The lowest BCUT2D eigenvalue weighted by Crippen LogP contribution is -2.16. The first-order valence-electron chi connectivity index (χ1n) is 5.09. The Bertz CT molecular complexity index is 455. The number of carbonyl (C=O) groups excluding carboxylic acids is 1. The lowest BCUT2D eigenvalue weighted by atomic mass is 10.3. The molecule has 1 rings (SSSR count). The number of hydrogen-bond acceptors (Lipinski definition) is 5. The number of hydrogen-bond donors (Lipinski definition) is 0. The average Bonchev–Trinajstić information content (AvgIpc) is 2.36. The second kappa shape index (κ2) is 6.64. The zero-order valence-electron chi connectivity index (χ0n) is 10.1. The molecule has 0 saturated carbocycles. The van der Waals surface area contributed by atoms with E-state index in [1.165, 1.54) is 32.4 Å². The van der Waals surface area contributed by atoms with Crippen LogP contribution in [0.4, 0.5) is 4.39 Å². The molecule has 100 valence electrons. The minimum atomic E-state index is -3.37. The SMILES string of the molecule is COP(=O)(CC(=O)COc1cccc(F)c1)OC. The van der Waals surface area contributed by atoms with Crippen LogP contribution in [-0.2, 0) is 18.4 Å². The van der Waals surface area contributed by atoms with Crippen LogP contribution < -0.4 is 4.74 Å². The van der Waals surface area contributed by atoms with Gasteiger partial charge in [-0.05, 0) is 12.1 Å². The second-order valence-electron chi connectivity index (χ2n) is 3.42. The van der Waals surface area contributed by atoms with Gasteiger partial charge in [0.1, 0.15) is 24.3 Å². The fourth-order valence-electron chi connectivity index (χ4n) is 1.19. The number of rotatable bonds is 7. The van der Waals surface area contributed by atoms with E-state index in [0.29, 0.717) is 0 Å². The van der Waals surface area contributed by atoms with Gasteiger partial charge in [0.25, 0.3) is 0 Å². The highest BCUT2D eigenvalue weighted by molar-refractivity contribution is 7.54. The summed E-state index contributed by atoms with van der Waals surface area (Å²) in [5.74, 6) is -0.682. The monoisotopic (exact) mass is 276 g/mol. The van der Waals surface area contributed by atoms with Crippen LogP contribution >= 0.6 is 7.60 Å². The van der Waals surface area contributed by atoms with E-state index >= 15 is 0 Å². The van der Waals surface area contributed by atoms with Crippen molar-refractivity contribution in [1.29, 1.82) is 0 Å². The zero-order valence-corrected chi connectivity index (χ0v) is 11.0. The summed E-state index contributed by atoms with van der Waals surface area (Å²) in [5, 5.41) is 0. The highest BCUT2D eigenvalue weighted by Crippen LogP contribution is 2.45. The largest absolute Gasteiger partial charge is 0.486 e. The van der Waals surface area contributed by atoms with E-state index in [0.717, 1.165) is 6.07 Å². The molecule has 18 heavy (non-hydrogen) atoms. The standard InChI is InChI=1S/C11H14FO5P/c1-15-18(14,16-2)8-10(13)7-17-11-5-3-4-9(12)6-11/h3-6H,7-8H2,1-2H3. The Labute approximate surface area is 104 Å². The molecule has 0 atom stereocenters. The Morgan fingerprint density at radius 2 is 2.00 bits per heavy atom. The van der Waals surface area contributed by atoms with Gasteiger partial charge in [-0.2, -0.15) is 0 Å². The molecule has 0 aliphatic heterocycles. The Morgan fingerprint density at radius 1 is 1.33 bits per heavy atom. The van der Waals surface area contributed by atoms with Gasteiger partial charge in [-0.15, -0.1) is 0 Å². The molecule has 0 heterocycles. The number of benzene rings is 1. The Hall–Kier alpha value is -1.23. The molecule has 0 saturated heterocycles. The maximum absolute atomic E-state index is 12.8. The fraction of sp³-hybridized carbons (Fsp3) is 0.364. The van der Waals surface area contributed by atoms with Gasteiger partial charge in [0.2, 0.25) is 0 Å². The third-order valence-corrected chi connectivity index (χ3v) is 3.97. The summed E-state index contributed by atoms with van der Waals surface area (Å²) in [6.45, 7) is -0.319. The molecule has 7 heteroatoms. The maximum atomic E-state index is 12.8. The van der Waals surface area contributed by atoms with Crippen molar-refractivity contribution in [3.8, 4) is 5.75 Å². The van der Waals surface area contributed by atoms with Crippen molar-refractivity contribution >= 4 is 13.4 Å². The summed E-state index contributed by atoms with van der Waals surface area (Å²) >= 11 is 0. The van der Waals surface area contributed by atoms with E-state index in [1.807, 2.05) is 0 Å². The molecule has 5 nitrogen and oxygen atoms in total. The van der Waals surface area contributed by atoms with E-state index in [-0.39, 0.29) is 18.5 Å². The summed E-state index contributed by atoms with van der Waals surface area (Å²) in [4.78, 5) is 11.5. The van der Waals surface area contributed by atoms with Crippen LogP contribution in [0.25, 0.3) is 0 Å². The molecule has 0 aromatic heterocycles. The van der Waals surface area contributed by atoms with E-state index in [9.17, 15) is 13.8 Å². The van der Waals surface area contributed by atoms with Gasteiger partial charge in [-0.25, -0.2) is 4.39 Å². The molecule has 0 radical (unpaired) electrons. The van der Waals surface area contributed by atoms with Crippen molar-refractivity contribution in [1.82, 2.24) is 0 Å². The average molecular weight is 276 g/mol. The van der Waals surface area contributed by atoms with E-state index in [2.05, 4.69) is 9.05 Å². The van der Waals surface area contributed by atoms with Crippen LogP contribution in [0.5, 0.6) is 5.75 Å². The molecule has 1 aromatic rings. The van der Waals surface area contributed by atoms with Crippen molar-refractivity contribution in [3.05, 3.63) is 30.1 Å². The number of ketones is 1. The molecular formula is C11H14FO5P. The van der Waals surface area contributed by atoms with Gasteiger partial charge in [0.05, 0.1) is 0 Å². The van der Waals surface area contributed by atoms with Gasteiger partial charge in [-0.3, -0.25) is 9.36 Å². The fourth-order valence-corrected chi connectivity index (χ4v) is 2.12. The van der Waals surface area contributed by atoms with Gasteiger partial charge in [-0.1, -0.05) is 6.07 Å². The highest BCUT2D eigenvalue weighted by atomic mass is 31.2. The van der Waals surface area contributed by atoms with E-state index in [1.54, 1.807) is 0 Å². The van der Waals surface area contributed by atoms with Crippen molar-refractivity contribution < 1.29 is 27.5 Å². The molecular weight excluding hydrogens is 262 g/mol. The molecule has 0 spiro atoms. The summed E-state index contributed by atoms with van der Waals surface area (Å²) in [6, 6.07) is 5.39. The minimum Gasteiger partial charge on any atom is -0.486 e. The van der Waals surface area contributed by atoms with Crippen LogP contribution in [-0.4, -0.2) is 32.8 Å². The molecule has 0 fully saturated rings. The van der Waals surface area contributed by atoms with Crippen molar-refractivity contribution in [2.45, 2.75) is 0 Å². The van der Waals surface area contributed by atoms with Crippen LogP contribution in [0.15, 0.2) is 24.3 Å². The topological polar surface area (TPSA) is 61.8 Å². The van der Waals surface area contributed by atoms with Crippen molar-refractivity contribution in [2.75, 3.05) is 27.0 Å². The zero-order chi connectivity index (χ0) is 13.6. The van der Waals surface area contributed by atoms with Gasteiger partial charge in [0.15, 0.2) is 5.78 Å². The normalized spacial score (nSPS) is 11.3. The molecule has 1 aromatic carbocycles. The first-order valence-corrected chi connectivity index (χ1v) is 6.82. The number of Topliss-reactive ketones (excluding diaryl/α,β-unsaturated/α-hetero) is 1. The number of halogens is 1. The third-order valence-electron chi connectivity index (χ3n) is 2.12. The van der Waals surface area contributed by atoms with E-state index < -0.39 is 19.2 Å². The van der Waals surface area contributed by atoms with Crippen molar-refractivity contribution in [3.63, 3.8) is 0 Å². The predicted molar refractivity (Wildman–Crippen MR) is 63.4 cm³/mol. The van der Waals surface area contributed by atoms with Crippen LogP contribution in [0.2, 0.25) is 0 Å². The minimum absolute atomic E-state index is 0.230. The summed E-state index contributed by atoms with van der Waals surface area (Å²) < 4.78 is 38.8. The third kappa shape index (κ3) is 4.56. The molecule has 0 N–H and O–H groups in total. The molecule has 0 bridgehead atoms. The summed E-state index contributed by atoms with van der Waals surface area (Å²) in [6.07, 6.45) is -0.380. The molecule has 0 unspecified atom stereocenters. The first-order chi connectivity index (χ1) is 8.49. The Morgan fingerprint density at radius 3 is 2.56 bits per heavy atom. The highest BCUT2D eigenvalue weighted by Gasteiger charge is 2.25. The predicted octanol–water partition coefficient (Wildman–Crippen LogP) is 2.26. The molecule has 0 aliphatic carbocycles. The smallest absolute Gasteiger partial charge is 0.337 e. The quantitative estimate of drug-likeness (QED) is 0.715. The van der Waals surface area contributed by atoms with Gasteiger partial charge < -0.3 is 13.8 Å². The number of ether oxygens (including phenoxy) is 1. The Balaban J connectivity index is 2.49. The van der Waals surface area contributed by atoms with Gasteiger partial charge >= 0.3 is 7.60 Å². The lowest BCUT2D eigenvalue weighted by molar-refractivity contribution is -0.118. The van der Waals surface area contributed by atoms with Crippen LogP contribution in [0.1, 0.15) is 0 Å². The van der Waals surface area contributed by atoms with Crippen LogP contribution in [0, 0.1) is 5.82 Å².